The van der Waals surface area contributed by atoms with Crippen molar-refractivity contribution in [2.24, 2.45) is 11.7 Å². The van der Waals surface area contributed by atoms with Crippen LogP contribution >= 0.6 is 0 Å². The van der Waals surface area contributed by atoms with Crippen LogP contribution in [0.1, 0.15) is 32.1 Å². The quantitative estimate of drug-likeness (QED) is 0.868. The summed E-state index contributed by atoms with van der Waals surface area (Å²) in [5.74, 6) is 0.609. The first-order chi connectivity index (χ1) is 10.1. The maximum atomic E-state index is 12.0. The molecule has 5 nitrogen and oxygen atoms in total. The Labute approximate surface area is 124 Å². The van der Waals surface area contributed by atoms with Gasteiger partial charge in [0.25, 0.3) is 0 Å². The molecule has 2 fully saturated rings. The van der Waals surface area contributed by atoms with E-state index in [1.165, 1.54) is 0 Å². The monoisotopic (exact) mass is 287 g/mol. The molecule has 1 aromatic carbocycles. The zero-order chi connectivity index (χ0) is 14.8. The summed E-state index contributed by atoms with van der Waals surface area (Å²) in [7, 11) is 0. The van der Waals surface area contributed by atoms with Crippen LogP contribution in [0.25, 0.3) is 0 Å². The van der Waals surface area contributed by atoms with Crippen LogP contribution in [0.4, 0.5) is 11.4 Å². The number of nitrogens with one attached hydrogen (secondary N) is 1. The van der Waals surface area contributed by atoms with E-state index in [0.717, 1.165) is 37.2 Å². The molecule has 0 aromatic heterocycles. The lowest BCUT2D eigenvalue weighted by Gasteiger charge is -2.17. The Morgan fingerprint density at radius 2 is 2.24 bits per heavy atom. The molecule has 2 aliphatic rings. The Hall–Kier alpha value is -1.88. The second-order valence-electron chi connectivity index (χ2n) is 5.95. The molecule has 3 N–H and O–H groups in total. The van der Waals surface area contributed by atoms with E-state index in [4.69, 9.17) is 5.73 Å². The summed E-state index contributed by atoms with van der Waals surface area (Å²) in [4.78, 5) is 25.5. The highest BCUT2D eigenvalue weighted by Crippen LogP contribution is 2.33. The van der Waals surface area contributed by atoms with Gasteiger partial charge in [-0.25, -0.2) is 0 Å². The Kier molecular flexibility index (Phi) is 3.92. The highest BCUT2D eigenvalue weighted by atomic mass is 16.2. The van der Waals surface area contributed by atoms with Gasteiger partial charge >= 0.3 is 0 Å². The van der Waals surface area contributed by atoms with Gasteiger partial charge in [-0.3, -0.25) is 9.59 Å². The second-order valence-corrected chi connectivity index (χ2v) is 5.95. The first kappa shape index (κ1) is 14.1. The Morgan fingerprint density at radius 1 is 1.43 bits per heavy atom. The van der Waals surface area contributed by atoms with Crippen LogP contribution in [-0.4, -0.2) is 24.4 Å². The van der Waals surface area contributed by atoms with E-state index >= 15 is 0 Å². The highest BCUT2D eigenvalue weighted by molar-refractivity contribution is 5.97. The van der Waals surface area contributed by atoms with Crippen molar-refractivity contribution in [2.75, 3.05) is 16.8 Å². The molecule has 1 aliphatic heterocycles. The molecule has 1 unspecified atom stereocenters. The molecule has 0 radical (unpaired) electrons. The lowest BCUT2D eigenvalue weighted by molar-refractivity contribution is -0.117. The summed E-state index contributed by atoms with van der Waals surface area (Å²) >= 11 is 0. The van der Waals surface area contributed by atoms with Crippen LogP contribution in [-0.2, 0) is 9.59 Å². The van der Waals surface area contributed by atoms with Crippen molar-refractivity contribution in [3.8, 4) is 0 Å². The van der Waals surface area contributed by atoms with Crippen molar-refractivity contribution >= 4 is 23.2 Å². The largest absolute Gasteiger partial charge is 0.327 e. The number of anilines is 2. The van der Waals surface area contributed by atoms with E-state index < -0.39 is 0 Å². The number of nitrogens with two attached hydrogens (primary N) is 1. The first-order valence-electron chi connectivity index (χ1n) is 7.59. The normalized spacial score (nSPS) is 19.7. The van der Waals surface area contributed by atoms with Gasteiger partial charge in [-0.15, -0.1) is 0 Å². The second kappa shape index (κ2) is 5.85. The molecule has 1 heterocycles. The highest BCUT2D eigenvalue weighted by Gasteiger charge is 2.29. The number of amides is 2. The van der Waals surface area contributed by atoms with Crippen LogP contribution in [0.2, 0.25) is 0 Å². The van der Waals surface area contributed by atoms with E-state index in [1.807, 2.05) is 24.3 Å². The molecule has 0 bridgehead atoms. The molecule has 5 heteroatoms. The minimum absolute atomic E-state index is 0.0339. The van der Waals surface area contributed by atoms with Crippen LogP contribution in [0, 0.1) is 5.92 Å². The van der Waals surface area contributed by atoms with Gasteiger partial charge in [-0.05, 0) is 43.4 Å². The lowest BCUT2D eigenvalue weighted by atomic mass is 10.1. The molecule has 3 rings (SSSR count). The van der Waals surface area contributed by atoms with Gasteiger partial charge in [0.1, 0.15) is 0 Å². The van der Waals surface area contributed by atoms with Gasteiger partial charge in [0.2, 0.25) is 11.8 Å². The van der Waals surface area contributed by atoms with Crippen LogP contribution in [0.5, 0.6) is 0 Å². The van der Waals surface area contributed by atoms with Gasteiger partial charge in [0, 0.05) is 36.8 Å². The van der Waals surface area contributed by atoms with Gasteiger partial charge < -0.3 is 16.0 Å². The zero-order valence-electron chi connectivity index (χ0n) is 12.0. The predicted molar refractivity (Wildman–Crippen MR) is 82.0 cm³/mol. The zero-order valence-corrected chi connectivity index (χ0v) is 12.0. The number of hydrogen-bond acceptors (Lipinski definition) is 3. The molecule has 112 valence electrons. The fraction of sp³-hybridized carbons (Fsp3) is 0.500. The molecule has 1 saturated heterocycles. The summed E-state index contributed by atoms with van der Waals surface area (Å²) in [6, 6.07) is 7.41. The molecule has 1 saturated carbocycles. The van der Waals surface area contributed by atoms with Crippen LogP contribution < -0.4 is 16.0 Å². The molecule has 0 spiro atoms. The average molecular weight is 287 g/mol. The fourth-order valence-corrected chi connectivity index (χ4v) is 2.79. The average Bonchev–Trinajstić information content (AvgIpc) is 3.21. The van der Waals surface area contributed by atoms with E-state index in [-0.39, 0.29) is 17.9 Å². The number of carbonyl (C=O) groups excluding carboxylic acids is 2. The third-order valence-corrected chi connectivity index (χ3v) is 4.16. The minimum atomic E-state index is -0.0562. The molecule has 1 aromatic rings. The van der Waals surface area contributed by atoms with Gasteiger partial charge in [0.05, 0.1) is 0 Å². The Morgan fingerprint density at radius 3 is 2.90 bits per heavy atom. The molecular formula is C16H21N3O2. The Bertz CT molecular complexity index is 554. The number of nitrogens with zero attached hydrogens (tertiary/aromatic N) is 1. The van der Waals surface area contributed by atoms with Gasteiger partial charge in [-0.1, -0.05) is 6.07 Å². The summed E-state index contributed by atoms with van der Waals surface area (Å²) in [6.07, 6.45) is 4.14. The maximum absolute atomic E-state index is 12.0. The van der Waals surface area contributed by atoms with Crippen LogP contribution in [0.3, 0.4) is 0 Å². The van der Waals surface area contributed by atoms with E-state index in [2.05, 4.69) is 5.32 Å². The topological polar surface area (TPSA) is 75.4 Å². The molecule has 1 atom stereocenters. The van der Waals surface area contributed by atoms with Gasteiger partial charge in [0.15, 0.2) is 0 Å². The number of carbonyl (C=O) groups is 2. The Balaban J connectivity index is 1.62. The van der Waals surface area contributed by atoms with Gasteiger partial charge in [-0.2, -0.15) is 0 Å². The smallest absolute Gasteiger partial charge is 0.227 e. The van der Waals surface area contributed by atoms with Crippen molar-refractivity contribution < 1.29 is 9.59 Å². The van der Waals surface area contributed by atoms with Crippen molar-refractivity contribution in [1.82, 2.24) is 0 Å². The number of benzene rings is 1. The molecule has 21 heavy (non-hydrogen) atoms. The molecule has 2 amide bonds. The number of hydrogen-bond donors (Lipinski definition) is 2. The van der Waals surface area contributed by atoms with Crippen molar-refractivity contribution in [3.63, 3.8) is 0 Å². The minimum Gasteiger partial charge on any atom is -0.327 e. The first-order valence-corrected chi connectivity index (χ1v) is 7.59. The fourth-order valence-electron chi connectivity index (χ4n) is 2.79. The third-order valence-electron chi connectivity index (χ3n) is 4.16. The van der Waals surface area contributed by atoms with E-state index in [0.29, 0.717) is 18.8 Å². The maximum Gasteiger partial charge on any atom is 0.227 e. The van der Waals surface area contributed by atoms with Crippen LogP contribution in [0.15, 0.2) is 24.3 Å². The van der Waals surface area contributed by atoms with Crippen molar-refractivity contribution in [2.45, 2.75) is 38.1 Å². The third kappa shape index (κ3) is 3.42. The predicted octanol–water partition coefficient (Wildman–Crippen LogP) is 1.88. The van der Waals surface area contributed by atoms with Crippen molar-refractivity contribution in [3.05, 3.63) is 24.3 Å². The van der Waals surface area contributed by atoms with E-state index in [9.17, 15) is 9.59 Å². The molecule has 1 aliphatic carbocycles. The van der Waals surface area contributed by atoms with E-state index in [1.54, 1.807) is 4.90 Å². The standard InChI is InChI=1S/C16H21N3O2/c17-14(11-6-7-11)10-15(20)18-12-3-1-4-13(9-12)19-8-2-5-16(19)21/h1,3-4,9,11,14H,2,5-8,10,17H2,(H,18,20). The summed E-state index contributed by atoms with van der Waals surface area (Å²) in [5, 5.41) is 2.88. The van der Waals surface area contributed by atoms with Crippen molar-refractivity contribution in [1.29, 1.82) is 0 Å². The molecular weight excluding hydrogens is 266 g/mol. The summed E-state index contributed by atoms with van der Waals surface area (Å²) in [6.45, 7) is 0.753. The summed E-state index contributed by atoms with van der Waals surface area (Å²) < 4.78 is 0. The number of rotatable bonds is 5. The summed E-state index contributed by atoms with van der Waals surface area (Å²) in [5.41, 5.74) is 7.54. The SMILES string of the molecule is NC(CC(=O)Nc1cccc(N2CCCC2=O)c1)C1CC1. The lowest BCUT2D eigenvalue weighted by Crippen LogP contribution is -2.29.